The molecule has 0 bridgehead atoms. The van der Waals surface area contributed by atoms with Crippen LogP contribution < -0.4 is 19.7 Å². The molecule has 7 rings (SSSR count). The smallest absolute Gasteiger partial charge is 0.231 e. The second-order valence-electron chi connectivity index (χ2n) is 10.5. The molecule has 4 aromatic rings. The molecule has 2 N–H and O–H groups in total. The Bertz CT molecular complexity index is 1470. The van der Waals surface area contributed by atoms with E-state index in [0.717, 1.165) is 67.3 Å². The van der Waals surface area contributed by atoms with Gasteiger partial charge in [0, 0.05) is 67.1 Å². The molecule has 194 valence electrons. The van der Waals surface area contributed by atoms with Crippen molar-refractivity contribution in [3.63, 3.8) is 0 Å². The number of fused-ring (bicyclic) bond motifs is 3. The Morgan fingerprint density at radius 3 is 2.74 bits per heavy atom. The van der Waals surface area contributed by atoms with Crippen molar-refractivity contribution in [3.8, 4) is 11.5 Å². The second-order valence-corrected chi connectivity index (χ2v) is 10.5. The Kier molecular flexibility index (Phi) is 5.93. The molecule has 38 heavy (non-hydrogen) atoms. The van der Waals surface area contributed by atoms with Crippen molar-refractivity contribution < 1.29 is 14.3 Å². The van der Waals surface area contributed by atoms with Gasteiger partial charge < -0.3 is 24.7 Å². The minimum absolute atomic E-state index is 0.0751. The molecule has 3 aromatic carbocycles. The number of hydrogen-bond donors (Lipinski definition) is 2. The van der Waals surface area contributed by atoms with E-state index in [0.29, 0.717) is 6.42 Å². The molecule has 1 fully saturated rings. The Morgan fingerprint density at radius 2 is 1.82 bits per heavy atom. The Hall–Kier alpha value is -3.97. The van der Waals surface area contributed by atoms with E-state index in [1.54, 1.807) is 0 Å². The summed E-state index contributed by atoms with van der Waals surface area (Å²) in [6.45, 7) is 3.71. The SMILES string of the molecule is O=C(Cc1ccc2c(c1)OCO2)C(C1CCc2ccccc2N1)N1CCN(c2cccc3[nH]ccc23)CC1. The van der Waals surface area contributed by atoms with Gasteiger partial charge in [0.25, 0.3) is 0 Å². The highest BCUT2D eigenvalue weighted by molar-refractivity contribution is 5.92. The number of hydrogen-bond acceptors (Lipinski definition) is 6. The van der Waals surface area contributed by atoms with E-state index >= 15 is 0 Å². The number of carbonyl (C=O) groups is 1. The summed E-state index contributed by atoms with van der Waals surface area (Å²) in [6, 6.07) is 22.8. The van der Waals surface area contributed by atoms with Gasteiger partial charge in [-0.15, -0.1) is 0 Å². The average Bonchev–Trinajstić information content (AvgIpc) is 3.63. The highest BCUT2D eigenvalue weighted by Crippen LogP contribution is 2.34. The van der Waals surface area contributed by atoms with Gasteiger partial charge in [0.05, 0.1) is 6.04 Å². The van der Waals surface area contributed by atoms with Crippen LogP contribution in [0.15, 0.2) is 72.9 Å². The van der Waals surface area contributed by atoms with Gasteiger partial charge in [-0.05, 0) is 60.4 Å². The predicted molar refractivity (Wildman–Crippen MR) is 149 cm³/mol. The summed E-state index contributed by atoms with van der Waals surface area (Å²) in [4.78, 5) is 22.2. The first-order chi connectivity index (χ1) is 18.7. The zero-order valence-corrected chi connectivity index (χ0v) is 21.4. The normalized spacial score (nSPS) is 19.7. The predicted octanol–water partition coefficient (Wildman–Crippen LogP) is 4.63. The molecular formula is C31H32N4O3. The minimum atomic E-state index is -0.195. The molecular weight excluding hydrogens is 476 g/mol. The molecule has 7 heteroatoms. The fourth-order valence-electron chi connectivity index (χ4n) is 6.32. The highest BCUT2D eigenvalue weighted by atomic mass is 16.7. The molecule has 0 radical (unpaired) electrons. The van der Waals surface area contributed by atoms with Crippen LogP contribution in [0, 0.1) is 0 Å². The van der Waals surface area contributed by atoms with E-state index in [4.69, 9.17) is 9.47 Å². The topological polar surface area (TPSA) is 69.8 Å². The number of Topliss-reactive ketones (excluding diaryl/α,β-unsaturated/α-hetero) is 1. The lowest BCUT2D eigenvalue weighted by Gasteiger charge is -2.44. The number of nitrogens with zero attached hydrogens (tertiary/aromatic N) is 2. The fourth-order valence-corrected chi connectivity index (χ4v) is 6.32. The van der Waals surface area contributed by atoms with E-state index in [-0.39, 0.29) is 24.7 Å². The van der Waals surface area contributed by atoms with Crippen molar-refractivity contribution in [2.45, 2.75) is 31.3 Å². The Morgan fingerprint density at radius 1 is 0.947 bits per heavy atom. The number of piperazine rings is 1. The lowest BCUT2D eigenvalue weighted by molar-refractivity contribution is -0.124. The Labute approximate surface area is 222 Å². The number of benzene rings is 3. The number of carbonyl (C=O) groups excluding carboxylic acids is 1. The van der Waals surface area contributed by atoms with Crippen LogP contribution in [-0.2, 0) is 17.6 Å². The van der Waals surface area contributed by atoms with Gasteiger partial charge in [-0.3, -0.25) is 9.69 Å². The minimum Gasteiger partial charge on any atom is -0.454 e. The van der Waals surface area contributed by atoms with Crippen LogP contribution in [0.3, 0.4) is 0 Å². The van der Waals surface area contributed by atoms with Crippen molar-refractivity contribution in [1.29, 1.82) is 0 Å². The number of aromatic amines is 1. The van der Waals surface area contributed by atoms with Crippen LogP contribution >= 0.6 is 0 Å². The molecule has 1 saturated heterocycles. The third kappa shape index (κ3) is 4.27. The van der Waals surface area contributed by atoms with Crippen LogP contribution in [-0.4, -0.2) is 60.7 Å². The van der Waals surface area contributed by atoms with Gasteiger partial charge in [-0.1, -0.05) is 30.3 Å². The third-order valence-electron chi connectivity index (χ3n) is 8.23. The molecule has 1 aromatic heterocycles. The highest BCUT2D eigenvalue weighted by Gasteiger charge is 2.37. The monoisotopic (exact) mass is 508 g/mol. The summed E-state index contributed by atoms with van der Waals surface area (Å²) in [5.41, 5.74) is 5.87. The summed E-state index contributed by atoms with van der Waals surface area (Å²) in [5.74, 6) is 1.72. The van der Waals surface area contributed by atoms with E-state index in [9.17, 15) is 4.79 Å². The molecule has 3 aliphatic heterocycles. The zero-order chi connectivity index (χ0) is 25.5. The molecule has 0 spiro atoms. The van der Waals surface area contributed by atoms with E-state index < -0.39 is 0 Å². The Balaban J connectivity index is 1.13. The number of H-pyrrole nitrogens is 1. The lowest BCUT2D eigenvalue weighted by atomic mass is 9.88. The quantitative estimate of drug-likeness (QED) is 0.396. The largest absolute Gasteiger partial charge is 0.454 e. The number of rotatable bonds is 6. The van der Waals surface area contributed by atoms with Crippen molar-refractivity contribution in [1.82, 2.24) is 9.88 Å². The number of ether oxygens (including phenoxy) is 2. The van der Waals surface area contributed by atoms with E-state index in [1.807, 2.05) is 24.4 Å². The van der Waals surface area contributed by atoms with Crippen LogP contribution in [0.5, 0.6) is 11.5 Å². The van der Waals surface area contributed by atoms with Crippen LogP contribution in [0.1, 0.15) is 17.5 Å². The number of aromatic nitrogens is 1. The number of anilines is 2. The standard InChI is InChI=1S/C31H32N4O3/c36-28(18-21-8-11-29-30(19-21)38-20-37-29)31(26-10-9-22-4-1-2-5-24(22)33-26)35-16-14-34(15-17-35)27-7-3-6-25-23(27)12-13-32-25/h1-8,11-13,19,26,31-33H,9-10,14-18,20H2. The van der Waals surface area contributed by atoms with Crippen molar-refractivity contribution in [3.05, 3.63) is 84.1 Å². The maximum atomic E-state index is 14.0. The number of ketones is 1. The summed E-state index contributed by atoms with van der Waals surface area (Å²) in [5, 5.41) is 4.99. The number of para-hydroxylation sites is 1. The van der Waals surface area contributed by atoms with Gasteiger partial charge in [-0.25, -0.2) is 0 Å². The average molecular weight is 509 g/mol. The van der Waals surface area contributed by atoms with Crippen molar-refractivity contribution >= 4 is 28.1 Å². The van der Waals surface area contributed by atoms with Crippen LogP contribution in [0.25, 0.3) is 10.9 Å². The molecule has 3 aliphatic rings. The molecule has 4 heterocycles. The first-order valence-corrected chi connectivity index (χ1v) is 13.5. The fraction of sp³-hybridized carbons (Fsp3) is 0.323. The molecule has 2 atom stereocenters. The van der Waals surface area contributed by atoms with Gasteiger partial charge in [-0.2, -0.15) is 0 Å². The molecule has 2 unspecified atom stereocenters. The maximum absolute atomic E-state index is 14.0. The third-order valence-corrected chi connectivity index (χ3v) is 8.23. The molecule has 0 amide bonds. The summed E-state index contributed by atoms with van der Waals surface area (Å²) >= 11 is 0. The van der Waals surface area contributed by atoms with Gasteiger partial charge in [0.2, 0.25) is 6.79 Å². The van der Waals surface area contributed by atoms with Gasteiger partial charge in [0.15, 0.2) is 17.3 Å². The van der Waals surface area contributed by atoms with Gasteiger partial charge in [0.1, 0.15) is 0 Å². The summed E-state index contributed by atoms with van der Waals surface area (Å²) < 4.78 is 11.0. The zero-order valence-electron chi connectivity index (χ0n) is 21.4. The van der Waals surface area contributed by atoms with Gasteiger partial charge >= 0.3 is 0 Å². The first-order valence-electron chi connectivity index (χ1n) is 13.5. The number of aryl methyl sites for hydroxylation is 1. The van der Waals surface area contributed by atoms with Crippen molar-refractivity contribution in [2.75, 3.05) is 43.2 Å². The first kappa shape index (κ1) is 23.2. The molecule has 0 saturated carbocycles. The lowest BCUT2D eigenvalue weighted by Crippen LogP contribution is -2.59. The number of nitrogens with one attached hydrogen (secondary N) is 2. The summed E-state index contributed by atoms with van der Waals surface area (Å²) in [7, 11) is 0. The van der Waals surface area contributed by atoms with Crippen LogP contribution in [0.2, 0.25) is 0 Å². The molecule has 0 aliphatic carbocycles. The second kappa shape index (κ2) is 9.72. The molecule has 7 nitrogen and oxygen atoms in total. The maximum Gasteiger partial charge on any atom is 0.231 e. The van der Waals surface area contributed by atoms with E-state index in [2.05, 4.69) is 68.6 Å². The van der Waals surface area contributed by atoms with E-state index in [1.165, 1.54) is 16.6 Å². The summed E-state index contributed by atoms with van der Waals surface area (Å²) in [6.07, 6.45) is 4.31. The van der Waals surface area contributed by atoms with Crippen molar-refractivity contribution in [2.24, 2.45) is 0 Å². The van der Waals surface area contributed by atoms with Crippen LogP contribution in [0.4, 0.5) is 11.4 Å².